The molecule has 1 heteroatoms. The van der Waals surface area contributed by atoms with Crippen LogP contribution in [-0.4, -0.2) is 5.78 Å². The van der Waals surface area contributed by atoms with E-state index in [0.717, 1.165) is 54.3 Å². The maximum absolute atomic E-state index is 12.4. The minimum Gasteiger partial charge on any atom is -0.300 e. The lowest BCUT2D eigenvalue weighted by atomic mass is 9.44. The molecule has 1 nitrogen and oxygen atoms in total. The summed E-state index contributed by atoms with van der Waals surface area (Å²) in [6.45, 7) is 12.5. The highest BCUT2D eigenvalue weighted by Crippen LogP contribution is 2.68. The van der Waals surface area contributed by atoms with Crippen molar-refractivity contribution in [1.82, 2.24) is 0 Å². The van der Waals surface area contributed by atoms with Crippen molar-refractivity contribution in [2.45, 2.75) is 112 Å². The molecule has 0 amide bonds. The molecule has 0 unspecified atom stereocenters. The fourth-order valence-corrected chi connectivity index (χ4v) is 9.16. The van der Waals surface area contributed by atoms with Crippen LogP contribution in [0.2, 0.25) is 0 Å². The number of ketones is 1. The minimum atomic E-state index is 0.334. The van der Waals surface area contributed by atoms with Crippen molar-refractivity contribution < 1.29 is 4.79 Å². The number of carbonyl (C=O) groups excluding carboxylic acids is 1. The predicted molar refractivity (Wildman–Crippen MR) is 118 cm³/mol. The van der Waals surface area contributed by atoms with Crippen LogP contribution >= 0.6 is 0 Å². The molecule has 0 aromatic heterocycles. The zero-order valence-electron chi connectivity index (χ0n) is 19.4. The highest BCUT2D eigenvalue weighted by atomic mass is 16.1. The van der Waals surface area contributed by atoms with E-state index in [1.165, 1.54) is 64.2 Å². The summed E-state index contributed by atoms with van der Waals surface area (Å²) in [5.74, 6) is 6.79. The second-order valence-corrected chi connectivity index (χ2v) is 12.4. The van der Waals surface area contributed by atoms with Gasteiger partial charge in [0.25, 0.3) is 0 Å². The summed E-state index contributed by atoms with van der Waals surface area (Å²) >= 11 is 0. The molecule has 0 spiro atoms. The van der Waals surface area contributed by atoms with E-state index in [-0.39, 0.29) is 0 Å². The van der Waals surface area contributed by atoms with Gasteiger partial charge in [0, 0.05) is 12.8 Å². The first-order chi connectivity index (χ1) is 13.3. The predicted octanol–water partition coefficient (Wildman–Crippen LogP) is 7.68. The van der Waals surface area contributed by atoms with Crippen LogP contribution in [-0.2, 0) is 4.79 Å². The molecule has 0 aromatic carbocycles. The highest BCUT2D eigenvalue weighted by molar-refractivity contribution is 5.80. The number of Topliss-reactive ketones (excluding diaryl/α,β-unsaturated/α-hetero) is 1. The van der Waals surface area contributed by atoms with Crippen LogP contribution < -0.4 is 0 Å². The standard InChI is InChI=1S/C27H46O/c1-18(2)7-6-8-19(3)23-13-14-24-22-12-10-20-9-11-21(28)17-27(20,5)25(22)15-16-26(23,24)4/h18-20,22-25H,6-17H2,1-5H3/t19-,20-,22+,23-,24+,25+,26-,27+/m1/s1. The molecule has 0 bridgehead atoms. The lowest BCUT2D eigenvalue weighted by Crippen LogP contribution is -2.54. The van der Waals surface area contributed by atoms with Crippen molar-refractivity contribution in [3.05, 3.63) is 0 Å². The molecule has 0 radical (unpaired) electrons. The van der Waals surface area contributed by atoms with Crippen LogP contribution in [0.5, 0.6) is 0 Å². The molecular formula is C27H46O. The fourth-order valence-electron chi connectivity index (χ4n) is 9.16. The van der Waals surface area contributed by atoms with Gasteiger partial charge in [-0.05, 0) is 97.2 Å². The maximum Gasteiger partial charge on any atom is 0.133 e. The zero-order chi connectivity index (χ0) is 20.1. The van der Waals surface area contributed by atoms with E-state index >= 15 is 0 Å². The molecule has 4 aliphatic carbocycles. The van der Waals surface area contributed by atoms with Gasteiger partial charge in [-0.25, -0.2) is 0 Å². The molecule has 4 aliphatic rings. The van der Waals surface area contributed by atoms with Gasteiger partial charge in [0.2, 0.25) is 0 Å². The Kier molecular flexibility index (Phi) is 5.78. The van der Waals surface area contributed by atoms with Gasteiger partial charge in [0.15, 0.2) is 0 Å². The second-order valence-electron chi connectivity index (χ2n) is 12.4. The normalized spacial score (nSPS) is 46.8. The van der Waals surface area contributed by atoms with Crippen LogP contribution in [0.15, 0.2) is 0 Å². The van der Waals surface area contributed by atoms with Crippen molar-refractivity contribution in [2.75, 3.05) is 0 Å². The van der Waals surface area contributed by atoms with Crippen LogP contribution in [0, 0.1) is 52.3 Å². The Morgan fingerprint density at radius 2 is 1.64 bits per heavy atom. The average molecular weight is 387 g/mol. The van der Waals surface area contributed by atoms with E-state index in [0.29, 0.717) is 16.6 Å². The first-order valence-corrected chi connectivity index (χ1v) is 12.8. The van der Waals surface area contributed by atoms with Gasteiger partial charge in [-0.2, -0.15) is 0 Å². The van der Waals surface area contributed by atoms with Gasteiger partial charge in [-0.1, -0.05) is 53.9 Å². The highest BCUT2D eigenvalue weighted by Gasteiger charge is 2.60. The fraction of sp³-hybridized carbons (Fsp3) is 0.963. The van der Waals surface area contributed by atoms with Crippen molar-refractivity contribution >= 4 is 5.78 Å². The molecule has 0 saturated heterocycles. The Labute approximate surface area is 174 Å². The zero-order valence-corrected chi connectivity index (χ0v) is 19.4. The summed E-state index contributed by atoms with van der Waals surface area (Å²) < 4.78 is 0. The third-order valence-corrected chi connectivity index (χ3v) is 10.6. The van der Waals surface area contributed by atoms with Crippen molar-refractivity contribution in [3.8, 4) is 0 Å². The molecule has 0 aliphatic heterocycles. The lowest BCUT2D eigenvalue weighted by Gasteiger charge is -2.60. The quantitative estimate of drug-likeness (QED) is 0.473. The smallest absolute Gasteiger partial charge is 0.133 e. The van der Waals surface area contributed by atoms with Gasteiger partial charge in [-0.15, -0.1) is 0 Å². The summed E-state index contributed by atoms with van der Waals surface area (Å²) in [5.41, 5.74) is 0.917. The molecule has 4 fully saturated rings. The molecule has 4 saturated carbocycles. The van der Waals surface area contributed by atoms with Gasteiger partial charge >= 0.3 is 0 Å². The Bertz CT molecular complexity index is 579. The van der Waals surface area contributed by atoms with Crippen molar-refractivity contribution in [1.29, 1.82) is 0 Å². The third-order valence-electron chi connectivity index (χ3n) is 10.6. The number of hydrogen-bond donors (Lipinski definition) is 0. The Balaban J connectivity index is 1.48. The maximum atomic E-state index is 12.4. The topological polar surface area (TPSA) is 17.1 Å². The number of rotatable bonds is 5. The van der Waals surface area contributed by atoms with Crippen LogP contribution in [0.3, 0.4) is 0 Å². The Morgan fingerprint density at radius 3 is 2.39 bits per heavy atom. The molecule has 8 atom stereocenters. The van der Waals surface area contributed by atoms with Gasteiger partial charge in [0.1, 0.15) is 5.78 Å². The van der Waals surface area contributed by atoms with E-state index in [4.69, 9.17) is 0 Å². The number of fused-ring (bicyclic) bond motifs is 5. The first-order valence-electron chi connectivity index (χ1n) is 12.8. The average Bonchev–Trinajstić information content (AvgIpc) is 2.98. The second kappa shape index (κ2) is 7.73. The third kappa shape index (κ3) is 3.41. The van der Waals surface area contributed by atoms with E-state index in [1.54, 1.807) is 0 Å². The van der Waals surface area contributed by atoms with Crippen LogP contribution in [0.25, 0.3) is 0 Å². The molecule has 28 heavy (non-hydrogen) atoms. The van der Waals surface area contributed by atoms with E-state index in [9.17, 15) is 4.79 Å². The molecule has 0 aromatic rings. The monoisotopic (exact) mass is 386 g/mol. The largest absolute Gasteiger partial charge is 0.300 e. The summed E-state index contributed by atoms with van der Waals surface area (Å²) in [4.78, 5) is 12.4. The number of carbonyl (C=O) groups is 1. The summed E-state index contributed by atoms with van der Waals surface area (Å²) in [7, 11) is 0. The van der Waals surface area contributed by atoms with Crippen LogP contribution in [0.1, 0.15) is 112 Å². The van der Waals surface area contributed by atoms with Gasteiger partial charge in [-0.3, -0.25) is 4.79 Å². The van der Waals surface area contributed by atoms with Gasteiger partial charge < -0.3 is 0 Å². The van der Waals surface area contributed by atoms with Gasteiger partial charge in [0.05, 0.1) is 0 Å². The van der Waals surface area contributed by atoms with E-state index < -0.39 is 0 Å². The lowest BCUT2D eigenvalue weighted by molar-refractivity contribution is -0.142. The molecule has 160 valence electrons. The molecule has 4 rings (SSSR count). The molecule has 0 N–H and O–H groups in total. The summed E-state index contributed by atoms with van der Waals surface area (Å²) in [6, 6.07) is 0. The van der Waals surface area contributed by atoms with Crippen molar-refractivity contribution in [2.24, 2.45) is 52.3 Å². The molecular weight excluding hydrogens is 340 g/mol. The first kappa shape index (κ1) is 20.9. The Morgan fingerprint density at radius 1 is 0.893 bits per heavy atom. The summed E-state index contributed by atoms with van der Waals surface area (Å²) in [6.07, 6.45) is 15.9. The minimum absolute atomic E-state index is 0.334. The van der Waals surface area contributed by atoms with E-state index in [2.05, 4.69) is 34.6 Å². The summed E-state index contributed by atoms with van der Waals surface area (Å²) in [5, 5.41) is 0. The SMILES string of the molecule is CC(C)CCC[C@@H](C)[C@H]1CC[C@H]2[C@@H]3CC[C@H]4CCC(=O)C[C@]4(C)[C@H]3CC[C@]12C. The van der Waals surface area contributed by atoms with E-state index in [1.807, 2.05) is 0 Å². The molecule has 0 heterocycles. The number of hydrogen-bond acceptors (Lipinski definition) is 1. The Hall–Kier alpha value is -0.330. The van der Waals surface area contributed by atoms with Crippen LogP contribution in [0.4, 0.5) is 0 Å². The van der Waals surface area contributed by atoms with Crippen molar-refractivity contribution in [3.63, 3.8) is 0 Å².